The summed E-state index contributed by atoms with van der Waals surface area (Å²) < 4.78 is 10.6. The van der Waals surface area contributed by atoms with Gasteiger partial charge >= 0.3 is 0 Å². The summed E-state index contributed by atoms with van der Waals surface area (Å²) >= 11 is 5.56. The van der Waals surface area contributed by atoms with Crippen LogP contribution in [0.1, 0.15) is 13.3 Å². The van der Waals surface area contributed by atoms with Crippen LogP contribution in [0.25, 0.3) is 0 Å². The van der Waals surface area contributed by atoms with Gasteiger partial charge in [-0.05, 0) is 6.42 Å². The molecular formula is C7H13ClO2. The number of hydrogen-bond donors (Lipinski definition) is 0. The van der Waals surface area contributed by atoms with Gasteiger partial charge in [0, 0.05) is 11.8 Å². The van der Waals surface area contributed by atoms with Gasteiger partial charge in [-0.15, -0.1) is 11.6 Å². The molecule has 0 unspecified atom stereocenters. The van der Waals surface area contributed by atoms with Gasteiger partial charge in [-0.25, -0.2) is 0 Å². The summed E-state index contributed by atoms with van der Waals surface area (Å²) in [5.74, 6) is 1.12. The molecule has 1 fully saturated rings. The van der Waals surface area contributed by atoms with E-state index in [9.17, 15) is 0 Å². The van der Waals surface area contributed by atoms with E-state index in [1.54, 1.807) is 0 Å². The smallest absolute Gasteiger partial charge is 0.160 e. The van der Waals surface area contributed by atoms with Crippen LogP contribution in [-0.2, 0) is 9.47 Å². The van der Waals surface area contributed by atoms with Crippen LogP contribution in [0.4, 0.5) is 0 Å². The third-order valence-corrected chi connectivity index (χ3v) is 1.89. The molecule has 10 heavy (non-hydrogen) atoms. The predicted molar refractivity (Wildman–Crippen MR) is 40.2 cm³/mol. The van der Waals surface area contributed by atoms with Gasteiger partial charge in [-0.3, -0.25) is 0 Å². The standard InChI is InChI=1S/C7H13ClO2/c1-6(2-3-8)7-9-4-5-10-7/h6-7H,2-5H2,1H3/t6-/m0/s1. The maximum absolute atomic E-state index is 5.56. The lowest BCUT2D eigenvalue weighted by molar-refractivity contribution is -0.0788. The Morgan fingerprint density at radius 2 is 2.10 bits per heavy atom. The van der Waals surface area contributed by atoms with E-state index in [0.717, 1.165) is 19.6 Å². The summed E-state index contributed by atoms with van der Waals surface area (Å²) in [4.78, 5) is 0. The minimum Gasteiger partial charge on any atom is -0.350 e. The van der Waals surface area contributed by atoms with E-state index in [1.807, 2.05) is 0 Å². The monoisotopic (exact) mass is 164 g/mol. The summed E-state index contributed by atoms with van der Waals surface area (Å²) in [6.07, 6.45) is 0.963. The number of rotatable bonds is 3. The summed E-state index contributed by atoms with van der Waals surface area (Å²) in [5, 5.41) is 0. The first-order valence-electron chi connectivity index (χ1n) is 3.63. The molecule has 0 spiro atoms. The van der Waals surface area contributed by atoms with Crippen molar-refractivity contribution < 1.29 is 9.47 Å². The average Bonchev–Trinajstić information content (AvgIpc) is 2.38. The first-order chi connectivity index (χ1) is 4.84. The van der Waals surface area contributed by atoms with E-state index in [4.69, 9.17) is 21.1 Å². The molecule has 1 aliphatic heterocycles. The molecule has 2 nitrogen and oxygen atoms in total. The Bertz CT molecular complexity index is 91.6. The summed E-state index contributed by atoms with van der Waals surface area (Å²) in [6, 6.07) is 0. The first kappa shape index (κ1) is 8.31. The van der Waals surface area contributed by atoms with Crippen molar-refractivity contribution >= 4 is 11.6 Å². The van der Waals surface area contributed by atoms with Gasteiger partial charge in [-0.2, -0.15) is 0 Å². The van der Waals surface area contributed by atoms with Gasteiger partial charge in [0.05, 0.1) is 13.2 Å². The molecule has 0 aromatic carbocycles. The topological polar surface area (TPSA) is 18.5 Å². The molecule has 3 heteroatoms. The fourth-order valence-corrected chi connectivity index (χ4v) is 1.36. The van der Waals surface area contributed by atoms with Crippen molar-refractivity contribution in [3.05, 3.63) is 0 Å². The Kier molecular flexibility index (Phi) is 3.46. The van der Waals surface area contributed by atoms with E-state index >= 15 is 0 Å². The Labute approximate surface area is 66.5 Å². The van der Waals surface area contributed by atoms with Crippen LogP contribution in [-0.4, -0.2) is 25.4 Å². The Morgan fingerprint density at radius 1 is 1.50 bits per heavy atom. The van der Waals surface area contributed by atoms with Gasteiger partial charge in [-0.1, -0.05) is 6.92 Å². The van der Waals surface area contributed by atoms with Crippen LogP contribution in [0.15, 0.2) is 0 Å². The van der Waals surface area contributed by atoms with Gasteiger partial charge in [0.25, 0.3) is 0 Å². The second-order valence-corrected chi connectivity index (χ2v) is 2.94. The Morgan fingerprint density at radius 3 is 2.60 bits per heavy atom. The van der Waals surface area contributed by atoms with Crippen LogP contribution in [0, 0.1) is 5.92 Å². The number of hydrogen-bond acceptors (Lipinski definition) is 2. The number of alkyl halides is 1. The third-order valence-electron chi connectivity index (χ3n) is 1.68. The number of ether oxygens (including phenoxy) is 2. The normalized spacial score (nSPS) is 23.4. The molecule has 1 aliphatic rings. The predicted octanol–water partition coefficient (Wildman–Crippen LogP) is 1.62. The molecule has 0 amide bonds. The summed E-state index contributed by atoms with van der Waals surface area (Å²) in [6.45, 7) is 3.56. The minimum absolute atomic E-state index is 0.00116. The second kappa shape index (κ2) is 4.16. The largest absolute Gasteiger partial charge is 0.350 e. The van der Waals surface area contributed by atoms with Crippen molar-refractivity contribution in [3.63, 3.8) is 0 Å². The zero-order valence-electron chi connectivity index (χ0n) is 6.18. The van der Waals surface area contributed by atoms with Gasteiger partial charge in [0.2, 0.25) is 0 Å². The Hall–Kier alpha value is 0.210. The fraction of sp³-hybridized carbons (Fsp3) is 1.00. The third kappa shape index (κ3) is 2.11. The van der Waals surface area contributed by atoms with Gasteiger partial charge in [0.15, 0.2) is 6.29 Å². The summed E-state index contributed by atoms with van der Waals surface area (Å²) in [7, 11) is 0. The van der Waals surface area contributed by atoms with Crippen molar-refractivity contribution in [2.24, 2.45) is 5.92 Å². The molecule has 0 radical (unpaired) electrons. The highest BCUT2D eigenvalue weighted by Gasteiger charge is 2.22. The maximum Gasteiger partial charge on any atom is 0.160 e. The lowest BCUT2D eigenvalue weighted by Crippen LogP contribution is -2.18. The molecule has 60 valence electrons. The highest BCUT2D eigenvalue weighted by atomic mass is 35.5. The summed E-state index contributed by atoms with van der Waals surface area (Å²) in [5.41, 5.74) is 0. The lowest BCUT2D eigenvalue weighted by Gasteiger charge is -2.15. The molecule has 1 heterocycles. The zero-order valence-corrected chi connectivity index (χ0v) is 6.93. The Balaban J connectivity index is 2.18. The van der Waals surface area contributed by atoms with Crippen LogP contribution in [0.5, 0.6) is 0 Å². The van der Waals surface area contributed by atoms with E-state index in [2.05, 4.69) is 6.92 Å². The van der Waals surface area contributed by atoms with Crippen molar-refractivity contribution in [3.8, 4) is 0 Å². The minimum atomic E-state index is -0.00116. The molecular weight excluding hydrogens is 152 g/mol. The second-order valence-electron chi connectivity index (χ2n) is 2.56. The van der Waals surface area contributed by atoms with Crippen LogP contribution in [0.2, 0.25) is 0 Å². The molecule has 0 aromatic heterocycles. The lowest BCUT2D eigenvalue weighted by atomic mass is 10.1. The van der Waals surface area contributed by atoms with E-state index in [-0.39, 0.29) is 6.29 Å². The molecule has 1 rings (SSSR count). The molecule has 1 saturated heterocycles. The van der Waals surface area contributed by atoms with Crippen molar-refractivity contribution in [1.82, 2.24) is 0 Å². The first-order valence-corrected chi connectivity index (χ1v) is 4.17. The fourth-order valence-electron chi connectivity index (χ4n) is 1.01. The number of halogens is 1. The maximum atomic E-state index is 5.56. The van der Waals surface area contributed by atoms with Crippen LogP contribution >= 0.6 is 11.6 Å². The van der Waals surface area contributed by atoms with Crippen molar-refractivity contribution in [2.75, 3.05) is 19.1 Å². The molecule has 0 bridgehead atoms. The van der Waals surface area contributed by atoms with Crippen LogP contribution < -0.4 is 0 Å². The van der Waals surface area contributed by atoms with Crippen molar-refractivity contribution in [1.29, 1.82) is 0 Å². The zero-order chi connectivity index (χ0) is 7.40. The van der Waals surface area contributed by atoms with Gasteiger partial charge < -0.3 is 9.47 Å². The molecule has 0 N–H and O–H groups in total. The van der Waals surface area contributed by atoms with E-state index in [1.165, 1.54) is 0 Å². The molecule has 0 saturated carbocycles. The SMILES string of the molecule is C[C@@H](CCCl)C1OCCO1. The average molecular weight is 165 g/mol. The van der Waals surface area contributed by atoms with E-state index < -0.39 is 0 Å². The van der Waals surface area contributed by atoms with Gasteiger partial charge in [0.1, 0.15) is 0 Å². The quantitative estimate of drug-likeness (QED) is 0.591. The highest BCUT2D eigenvalue weighted by molar-refractivity contribution is 6.17. The molecule has 1 atom stereocenters. The van der Waals surface area contributed by atoms with Crippen molar-refractivity contribution in [2.45, 2.75) is 19.6 Å². The van der Waals surface area contributed by atoms with E-state index in [0.29, 0.717) is 11.8 Å². The highest BCUT2D eigenvalue weighted by Crippen LogP contribution is 2.17. The van der Waals surface area contributed by atoms with Crippen LogP contribution in [0.3, 0.4) is 0 Å². The molecule has 0 aromatic rings. The molecule has 0 aliphatic carbocycles.